The van der Waals surface area contributed by atoms with Crippen LogP contribution in [-0.2, 0) is 76.2 Å². The van der Waals surface area contributed by atoms with Crippen molar-refractivity contribution in [2.45, 2.75) is 168 Å². The Morgan fingerprint density at radius 3 is 1.40 bits per heavy atom. The standard InChI is InChI=1S/C46H70O16/c1-41(2,3)35(48)55-21-24-19-26(58-37(50)43(7,8)9)28-25(20-47)22-54-33(29(24)28)62-34-32(61-40(53)46(16,17)18)31(60-39(52)45(13,14)15)30(59-38(51)44(10,11)12)27(57-34)23-56-36(49)42(4,5)6/h19-20,22,26-34H,21,23H2,1-18H3/t26-,27+,28-,29+,30+,31-,32+,33-,34-/m0/s1. The Morgan fingerprint density at radius 1 is 0.532 bits per heavy atom. The molecule has 9 atom stereocenters. The second kappa shape index (κ2) is 18.8. The van der Waals surface area contributed by atoms with Crippen LogP contribution in [0.5, 0.6) is 0 Å². The highest BCUT2D eigenvalue weighted by Gasteiger charge is 2.58. The molecule has 16 nitrogen and oxygen atoms in total. The second-order valence-corrected chi connectivity index (χ2v) is 22.4. The van der Waals surface area contributed by atoms with Crippen molar-refractivity contribution in [1.82, 2.24) is 0 Å². The topological polar surface area (TPSA) is 203 Å². The third kappa shape index (κ3) is 13.1. The van der Waals surface area contributed by atoms with Crippen LogP contribution in [0.4, 0.5) is 0 Å². The molecule has 3 rings (SSSR count). The maximum absolute atomic E-state index is 13.8. The maximum Gasteiger partial charge on any atom is 0.311 e. The van der Waals surface area contributed by atoms with Crippen LogP contribution in [-0.4, -0.2) is 98.4 Å². The molecule has 1 aliphatic carbocycles. The van der Waals surface area contributed by atoms with Gasteiger partial charge in [0.05, 0.1) is 44.7 Å². The van der Waals surface area contributed by atoms with Gasteiger partial charge in [-0.1, -0.05) is 0 Å². The van der Waals surface area contributed by atoms with Crippen molar-refractivity contribution < 1.29 is 76.2 Å². The van der Waals surface area contributed by atoms with Gasteiger partial charge in [0.2, 0.25) is 12.6 Å². The maximum atomic E-state index is 13.8. The highest BCUT2D eigenvalue weighted by atomic mass is 16.8. The Bertz CT molecular complexity index is 1760. The fourth-order valence-electron chi connectivity index (χ4n) is 5.98. The van der Waals surface area contributed by atoms with Crippen LogP contribution < -0.4 is 0 Å². The van der Waals surface area contributed by atoms with Crippen LogP contribution >= 0.6 is 0 Å². The number of carbonyl (C=O) groups excluding carboxylic acids is 7. The summed E-state index contributed by atoms with van der Waals surface area (Å²) in [6.45, 7) is 28.6. The Labute approximate surface area is 366 Å². The number of ether oxygens (including phenoxy) is 9. The van der Waals surface area contributed by atoms with Gasteiger partial charge in [-0.05, 0) is 136 Å². The minimum absolute atomic E-state index is 0.105. The van der Waals surface area contributed by atoms with Crippen LogP contribution in [0, 0.1) is 44.3 Å². The first-order valence-corrected chi connectivity index (χ1v) is 21.0. The molecule has 0 radical (unpaired) electrons. The van der Waals surface area contributed by atoms with E-state index in [1.807, 2.05) is 0 Å². The molecule has 0 bridgehead atoms. The lowest BCUT2D eigenvalue weighted by atomic mass is 9.82. The van der Waals surface area contributed by atoms with Gasteiger partial charge in [-0.3, -0.25) is 33.6 Å². The van der Waals surface area contributed by atoms with Crippen LogP contribution in [0.1, 0.15) is 125 Å². The van der Waals surface area contributed by atoms with E-state index in [4.69, 9.17) is 42.6 Å². The Balaban J connectivity index is 2.28. The van der Waals surface area contributed by atoms with Crippen molar-refractivity contribution in [2.75, 3.05) is 13.2 Å². The number of hydrogen-bond acceptors (Lipinski definition) is 16. The average molecular weight is 879 g/mol. The number of hydrogen-bond donors (Lipinski definition) is 0. The van der Waals surface area contributed by atoms with Gasteiger partial charge >= 0.3 is 35.8 Å². The molecule has 16 heteroatoms. The van der Waals surface area contributed by atoms with Crippen LogP contribution in [0.25, 0.3) is 0 Å². The SMILES string of the molecule is CC(C)(C)C(=O)OCC1=C[C@H](OC(=O)C(C)(C)C)[C@@H]2C(C=O)=CO[C@@H](O[C@@H]3O[C@H](COC(=O)C(C)(C)C)[C@@H](OC(=O)C(C)(C)C)[C@H](OC(=O)C(C)(C)C)[C@H]3OC(=O)C(C)(C)C)[C@H]12. The van der Waals surface area contributed by atoms with E-state index in [1.165, 1.54) is 0 Å². The molecule has 62 heavy (non-hydrogen) atoms. The highest BCUT2D eigenvalue weighted by molar-refractivity contribution is 5.79. The van der Waals surface area contributed by atoms with Crippen molar-refractivity contribution in [3.05, 3.63) is 23.5 Å². The third-order valence-corrected chi connectivity index (χ3v) is 9.95. The average Bonchev–Trinajstić information content (AvgIpc) is 3.47. The summed E-state index contributed by atoms with van der Waals surface area (Å²) >= 11 is 0. The lowest BCUT2D eigenvalue weighted by Crippen LogP contribution is -2.65. The monoisotopic (exact) mass is 878 g/mol. The van der Waals surface area contributed by atoms with Gasteiger partial charge in [0.1, 0.15) is 31.7 Å². The van der Waals surface area contributed by atoms with E-state index in [-0.39, 0.29) is 12.2 Å². The van der Waals surface area contributed by atoms with Crippen molar-refractivity contribution in [3.63, 3.8) is 0 Å². The van der Waals surface area contributed by atoms with Crippen LogP contribution in [0.15, 0.2) is 23.5 Å². The number of esters is 6. The Hall–Kier alpha value is -4.31. The molecule has 0 saturated carbocycles. The molecular formula is C46H70O16. The van der Waals surface area contributed by atoms with Crippen LogP contribution in [0.3, 0.4) is 0 Å². The van der Waals surface area contributed by atoms with Gasteiger partial charge in [0.15, 0.2) is 18.3 Å². The molecule has 2 aliphatic heterocycles. The summed E-state index contributed by atoms with van der Waals surface area (Å²) in [5.74, 6) is -5.92. The predicted molar refractivity (Wildman–Crippen MR) is 222 cm³/mol. The molecule has 1 fully saturated rings. The molecule has 3 aliphatic rings. The normalized spacial score (nSPS) is 27.0. The highest BCUT2D eigenvalue weighted by Crippen LogP contribution is 2.46. The summed E-state index contributed by atoms with van der Waals surface area (Å²) in [5, 5.41) is 0. The molecule has 0 aromatic rings. The summed E-state index contributed by atoms with van der Waals surface area (Å²) in [5.41, 5.74) is -5.64. The van der Waals surface area contributed by atoms with E-state index in [9.17, 15) is 33.6 Å². The lowest BCUT2D eigenvalue weighted by Gasteiger charge is -2.47. The fraction of sp³-hybridized carbons (Fsp3) is 0.761. The summed E-state index contributed by atoms with van der Waals surface area (Å²) in [4.78, 5) is 93.4. The van der Waals surface area contributed by atoms with Crippen molar-refractivity contribution in [1.29, 1.82) is 0 Å². The fourth-order valence-corrected chi connectivity index (χ4v) is 5.98. The zero-order chi connectivity index (χ0) is 47.7. The minimum Gasteiger partial charge on any atom is -0.471 e. The molecule has 350 valence electrons. The van der Waals surface area contributed by atoms with E-state index in [0.29, 0.717) is 11.9 Å². The van der Waals surface area contributed by atoms with E-state index in [0.717, 1.165) is 6.26 Å². The summed E-state index contributed by atoms with van der Waals surface area (Å²) < 4.78 is 55.0. The van der Waals surface area contributed by atoms with Gasteiger partial charge in [-0.15, -0.1) is 0 Å². The molecule has 0 spiro atoms. The van der Waals surface area contributed by atoms with E-state index in [1.54, 1.807) is 131 Å². The van der Waals surface area contributed by atoms with Crippen molar-refractivity contribution in [3.8, 4) is 0 Å². The Morgan fingerprint density at radius 2 is 0.952 bits per heavy atom. The smallest absolute Gasteiger partial charge is 0.311 e. The third-order valence-electron chi connectivity index (χ3n) is 9.95. The summed E-state index contributed by atoms with van der Waals surface area (Å²) in [7, 11) is 0. The minimum atomic E-state index is -1.71. The molecule has 0 unspecified atom stereocenters. The van der Waals surface area contributed by atoms with E-state index in [2.05, 4.69) is 0 Å². The molecule has 0 aromatic heterocycles. The van der Waals surface area contributed by atoms with Gasteiger partial charge in [0.25, 0.3) is 0 Å². The van der Waals surface area contributed by atoms with Gasteiger partial charge in [-0.2, -0.15) is 0 Å². The molecule has 2 heterocycles. The Kier molecular flexibility index (Phi) is 15.8. The van der Waals surface area contributed by atoms with Gasteiger partial charge in [-0.25, -0.2) is 0 Å². The first kappa shape index (κ1) is 52.0. The zero-order valence-electron chi connectivity index (χ0n) is 39.9. The molecular weight excluding hydrogens is 808 g/mol. The second-order valence-electron chi connectivity index (χ2n) is 22.4. The molecule has 0 aromatic carbocycles. The summed E-state index contributed by atoms with van der Waals surface area (Å²) in [6.07, 6.45) is -7.11. The van der Waals surface area contributed by atoms with Gasteiger partial charge < -0.3 is 42.6 Å². The number of aldehydes is 1. The van der Waals surface area contributed by atoms with Crippen LogP contribution in [0.2, 0.25) is 0 Å². The van der Waals surface area contributed by atoms with Gasteiger partial charge in [0, 0.05) is 11.5 Å². The molecule has 1 saturated heterocycles. The first-order valence-electron chi connectivity index (χ1n) is 21.0. The quantitative estimate of drug-likeness (QED) is 0.0961. The number of rotatable bonds is 11. The molecule has 0 N–H and O–H groups in total. The van der Waals surface area contributed by atoms with E-state index >= 15 is 0 Å². The number of carbonyl (C=O) groups is 7. The summed E-state index contributed by atoms with van der Waals surface area (Å²) in [6, 6.07) is 0. The largest absolute Gasteiger partial charge is 0.471 e. The number of fused-ring (bicyclic) bond motifs is 1. The lowest BCUT2D eigenvalue weighted by molar-refractivity contribution is -0.345. The van der Waals surface area contributed by atoms with Crippen molar-refractivity contribution in [2.24, 2.45) is 44.3 Å². The zero-order valence-corrected chi connectivity index (χ0v) is 39.9. The molecule has 0 amide bonds. The predicted octanol–water partition coefficient (Wildman–Crippen LogP) is 6.35. The van der Waals surface area contributed by atoms with Crippen molar-refractivity contribution >= 4 is 42.1 Å². The van der Waals surface area contributed by atoms with E-state index < -0.39 is 130 Å². The first-order chi connectivity index (χ1) is 28.0.